The molecule has 2 aromatic rings. The fourth-order valence-electron chi connectivity index (χ4n) is 0.901. The zero-order valence-corrected chi connectivity index (χ0v) is 5.33. The molecule has 0 radical (unpaired) electrons. The lowest BCUT2D eigenvalue weighted by molar-refractivity contribution is 0.0587. The molecule has 0 atom stereocenters. The molecule has 0 unspecified atom stereocenters. The summed E-state index contributed by atoms with van der Waals surface area (Å²) in [6.07, 6.45) is 1.74. The van der Waals surface area contributed by atoms with Crippen LogP contribution in [0.4, 0.5) is 0 Å². The molecular weight excluding hydrogens is 128 g/mol. The minimum atomic E-state index is 0.789. The van der Waals surface area contributed by atoms with Crippen LogP contribution in [-0.4, -0.2) is 0 Å². The smallest absolute Gasteiger partial charge is 0.232 e. The van der Waals surface area contributed by atoms with Gasteiger partial charge in [0.2, 0.25) is 11.2 Å². The molecule has 50 valence electrons. The van der Waals surface area contributed by atoms with E-state index in [9.17, 15) is 0 Å². The van der Waals surface area contributed by atoms with E-state index in [1.54, 1.807) is 6.08 Å². The highest BCUT2D eigenvalue weighted by Crippen LogP contribution is 2.22. The largest absolute Gasteiger partial charge is 0.286 e. The molecule has 0 N–H and O–H groups in total. The molecule has 2 nitrogen and oxygen atoms in total. The van der Waals surface area contributed by atoms with Crippen molar-refractivity contribution in [3.8, 4) is 0 Å². The van der Waals surface area contributed by atoms with Crippen LogP contribution in [0, 0.1) is 0 Å². The summed E-state index contributed by atoms with van der Waals surface area (Å²) in [6, 6.07) is 5.68. The molecule has 0 aliphatic rings. The molecule has 0 aliphatic carbocycles. The van der Waals surface area contributed by atoms with Gasteiger partial charge < -0.3 is 0 Å². The first kappa shape index (κ1) is 5.35. The van der Waals surface area contributed by atoms with E-state index in [1.807, 2.05) is 18.2 Å². The van der Waals surface area contributed by atoms with E-state index in [4.69, 9.17) is 4.58 Å². The number of para-hydroxylation sites is 1. The van der Waals surface area contributed by atoms with E-state index in [1.165, 1.54) is 0 Å². The van der Waals surface area contributed by atoms with E-state index < -0.39 is 0 Å². The topological polar surface area (TPSA) is 26.3 Å². The molecule has 1 heterocycles. The quantitative estimate of drug-likeness (QED) is 0.560. The van der Waals surface area contributed by atoms with Crippen molar-refractivity contribution in [2.24, 2.45) is 0 Å². The second kappa shape index (κ2) is 1.77. The molecule has 1 aromatic carbocycles. The predicted octanol–water partition coefficient (Wildman–Crippen LogP) is 2.67. The van der Waals surface area contributed by atoms with E-state index in [2.05, 4.69) is 11.2 Å². The number of benzene rings is 1. The van der Waals surface area contributed by atoms with Crippen LogP contribution in [0.25, 0.3) is 17.2 Å². The minimum Gasteiger partial charge on any atom is -0.286 e. The third kappa shape index (κ3) is 0.530. The second-order valence-corrected chi connectivity index (χ2v) is 2.05. The molecule has 0 fully saturated rings. The summed E-state index contributed by atoms with van der Waals surface area (Å²) in [5.41, 5.74) is 2.55. The highest BCUT2D eigenvalue weighted by molar-refractivity contribution is 5.81. The second-order valence-electron chi connectivity index (χ2n) is 2.05. The molecule has 0 aliphatic heterocycles. The van der Waals surface area contributed by atoms with Crippen molar-refractivity contribution < 1.29 is 9.15 Å². The van der Waals surface area contributed by atoms with Crippen molar-refractivity contribution in [3.05, 3.63) is 30.3 Å². The number of fused-ring (bicyclic) bond motifs is 1. The van der Waals surface area contributed by atoms with Crippen molar-refractivity contribution in [2.75, 3.05) is 0 Å². The normalized spacial score (nSPS) is 10.4. The van der Waals surface area contributed by atoms with Crippen LogP contribution < -0.4 is 0 Å². The number of hydrogen-bond donors (Lipinski definition) is 0. The zero-order valence-electron chi connectivity index (χ0n) is 5.33. The summed E-state index contributed by atoms with van der Waals surface area (Å²) in [5, 5.41) is 0. The van der Waals surface area contributed by atoms with Gasteiger partial charge in [0.1, 0.15) is 0 Å². The molecule has 0 spiro atoms. The Morgan fingerprint density at radius 3 is 2.70 bits per heavy atom. The maximum atomic E-state index is 4.73. The molecule has 1 aromatic heterocycles. The van der Waals surface area contributed by atoms with Crippen molar-refractivity contribution >= 4 is 17.2 Å². The average Bonchev–Trinajstić information content (AvgIpc) is 1.91. The summed E-state index contributed by atoms with van der Waals surface area (Å²) >= 11 is 0. The van der Waals surface area contributed by atoms with Gasteiger partial charge in [0.05, 0.1) is 0 Å². The van der Waals surface area contributed by atoms with Gasteiger partial charge in [-0.05, 0) is 6.07 Å². The van der Waals surface area contributed by atoms with E-state index in [0.29, 0.717) is 0 Å². The molecule has 0 amide bonds. The summed E-state index contributed by atoms with van der Waals surface area (Å²) in [6.45, 7) is 3.63. The maximum absolute atomic E-state index is 4.73. The molecule has 2 heteroatoms. The fraction of sp³-hybridized carbons (Fsp3) is 0. The molecule has 0 bridgehead atoms. The lowest BCUT2D eigenvalue weighted by Crippen LogP contribution is -1.78. The Kier molecular flexibility index (Phi) is 0.947. The first-order valence-electron chi connectivity index (χ1n) is 3.02. The van der Waals surface area contributed by atoms with Gasteiger partial charge in [-0.3, -0.25) is 9.15 Å². The minimum absolute atomic E-state index is 0.789. The van der Waals surface area contributed by atoms with Crippen molar-refractivity contribution in [1.29, 1.82) is 0 Å². The molecule has 10 heavy (non-hydrogen) atoms. The fourth-order valence-corrected chi connectivity index (χ4v) is 0.901. The highest BCUT2D eigenvalue weighted by Gasteiger charge is 2.05. The Morgan fingerprint density at radius 2 is 2.20 bits per heavy atom. The Hall–Kier alpha value is -1.44. The van der Waals surface area contributed by atoms with Crippen LogP contribution in [0.5, 0.6) is 0 Å². The van der Waals surface area contributed by atoms with E-state index >= 15 is 0 Å². The molecular formula is C8H6O2. The van der Waals surface area contributed by atoms with Crippen LogP contribution in [0.2, 0.25) is 0 Å². The summed E-state index contributed by atoms with van der Waals surface area (Å²) in [4.78, 5) is 0. The van der Waals surface area contributed by atoms with Crippen LogP contribution in [0.3, 0.4) is 0 Å². The van der Waals surface area contributed by atoms with Crippen LogP contribution >= 0.6 is 0 Å². The van der Waals surface area contributed by atoms with E-state index in [0.717, 1.165) is 16.7 Å². The van der Waals surface area contributed by atoms with Gasteiger partial charge in [-0.15, -0.1) is 0 Å². The van der Waals surface area contributed by atoms with Gasteiger partial charge in [0, 0.05) is 5.56 Å². The lowest BCUT2D eigenvalue weighted by atomic mass is 10.2. The maximum Gasteiger partial charge on any atom is 0.232 e. The first-order chi connectivity index (χ1) is 4.92. The van der Waals surface area contributed by atoms with Gasteiger partial charge in [0.15, 0.2) is 0 Å². The van der Waals surface area contributed by atoms with Gasteiger partial charge >= 0.3 is 0 Å². The Labute approximate surface area is 57.7 Å². The summed E-state index contributed by atoms with van der Waals surface area (Å²) < 4.78 is 9.40. The first-order valence-corrected chi connectivity index (χ1v) is 3.02. The van der Waals surface area contributed by atoms with Gasteiger partial charge in [-0.25, -0.2) is 0 Å². The zero-order chi connectivity index (χ0) is 6.97. The third-order valence-corrected chi connectivity index (χ3v) is 1.44. The Morgan fingerprint density at radius 1 is 1.30 bits per heavy atom. The lowest BCUT2D eigenvalue weighted by Gasteiger charge is -1.99. The van der Waals surface area contributed by atoms with E-state index in [-0.39, 0.29) is 0 Å². The predicted molar refractivity (Wildman–Crippen MR) is 38.6 cm³/mol. The SMILES string of the molecule is C=Cc1cccc2ooc12. The van der Waals surface area contributed by atoms with Gasteiger partial charge in [0.25, 0.3) is 0 Å². The molecule has 2 rings (SSSR count). The summed E-state index contributed by atoms with van der Waals surface area (Å²) in [5.74, 6) is 0. The van der Waals surface area contributed by atoms with Crippen molar-refractivity contribution in [1.82, 2.24) is 0 Å². The number of hydrogen-bond acceptors (Lipinski definition) is 2. The molecule has 0 saturated carbocycles. The van der Waals surface area contributed by atoms with Crippen LogP contribution in [0.1, 0.15) is 5.56 Å². The monoisotopic (exact) mass is 134 g/mol. The Balaban J connectivity index is 2.78. The Bertz CT molecular complexity index is 354. The standard InChI is InChI=1S/C8H6O2/c1-2-6-4-3-5-7-8(6)10-9-7/h2-5H,1H2. The van der Waals surface area contributed by atoms with Crippen molar-refractivity contribution in [3.63, 3.8) is 0 Å². The van der Waals surface area contributed by atoms with Crippen LogP contribution in [0.15, 0.2) is 33.9 Å². The number of rotatable bonds is 1. The summed E-state index contributed by atoms with van der Waals surface area (Å²) in [7, 11) is 0. The average molecular weight is 134 g/mol. The highest BCUT2D eigenvalue weighted by atomic mass is 17.0. The molecule has 0 saturated heterocycles. The van der Waals surface area contributed by atoms with Crippen molar-refractivity contribution in [2.45, 2.75) is 0 Å². The third-order valence-electron chi connectivity index (χ3n) is 1.44. The van der Waals surface area contributed by atoms with Crippen LogP contribution in [-0.2, 0) is 0 Å². The van der Waals surface area contributed by atoms with Gasteiger partial charge in [-0.1, -0.05) is 24.8 Å². The van der Waals surface area contributed by atoms with Gasteiger partial charge in [-0.2, -0.15) is 0 Å².